The van der Waals surface area contributed by atoms with Gasteiger partial charge in [0.1, 0.15) is 10.8 Å². The molecule has 4 heterocycles. The number of ether oxygens (including phenoxy) is 1. The second-order valence-corrected chi connectivity index (χ2v) is 9.30. The summed E-state index contributed by atoms with van der Waals surface area (Å²) in [6.07, 6.45) is 2.31. The molecule has 1 amide bonds. The van der Waals surface area contributed by atoms with Crippen molar-refractivity contribution in [2.45, 2.75) is 37.1 Å². The lowest BCUT2D eigenvalue weighted by Gasteiger charge is -2.19. The molecule has 0 aliphatic carbocycles. The molecule has 4 rings (SSSR count). The fourth-order valence-corrected chi connectivity index (χ4v) is 5.06. The number of thioether (sulfide) groups is 1. The van der Waals surface area contributed by atoms with Crippen LogP contribution in [0.4, 0.5) is 5.95 Å². The number of halogens is 1. The maximum Gasteiger partial charge on any atom is 0.233 e. The van der Waals surface area contributed by atoms with Gasteiger partial charge in [0.2, 0.25) is 11.9 Å². The molecule has 1 aliphatic heterocycles. The van der Waals surface area contributed by atoms with Crippen LogP contribution >= 0.6 is 34.4 Å². The molecule has 1 atom stereocenters. The van der Waals surface area contributed by atoms with Crippen molar-refractivity contribution in [3.8, 4) is 5.75 Å². The van der Waals surface area contributed by atoms with Crippen LogP contribution in [0.25, 0.3) is 11.0 Å². The van der Waals surface area contributed by atoms with E-state index in [-0.39, 0.29) is 17.1 Å². The van der Waals surface area contributed by atoms with Crippen LogP contribution in [0.3, 0.4) is 0 Å². The number of methoxy groups -OCH3 is 1. The van der Waals surface area contributed by atoms with Gasteiger partial charge in [0.05, 0.1) is 35.7 Å². The Kier molecular flexibility index (Phi) is 6.00. The molecular weight excluding hydrogens is 517 g/mol. The number of amides is 1. The van der Waals surface area contributed by atoms with Gasteiger partial charge in [0, 0.05) is 34.7 Å². The number of carbonyl (C=O) groups excluding carboxylic acids is 1. The number of nitrogen functional groups attached to an aromatic ring is 1. The lowest BCUT2D eigenvalue weighted by atomic mass is 10.1. The van der Waals surface area contributed by atoms with Crippen molar-refractivity contribution in [3.63, 3.8) is 0 Å². The van der Waals surface area contributed by atoms with Crippen molar-refractivity contribution in [2.24, 2.45) is 0 Å². The van der Waals surface area contributed by atoms with E-state index in [9.17, 15) is 4.79 Å². The predicted molar refractivity (Wildman–Crippen MR) is 124 cm³/mol. The Hall–Kier alpha value is -2.15. The van der Waals surface area contributed by atoms with Gasteiger partial charge in [-0.2, -0.15) is 10.1 Å². The normalized spacial score (nSPS) is 15.4. The maximum atomic E-state index is 12.5. The second kappa shape index (κ2) is 8.53. The molecule has 3 aromatic heterocycles. The Morgan fingerprint density at radius 3 is 2.97 bits per heavy atom. The average Bonchev–Trinajstić information content (AvgIpc) is 3.06. The zero-order valence-corrected chi connectivity index (χ0v) is 19.9. The molecule has 9 nitrogen and oxygen atoms in total. The largest absolute Gasteiger partial charge is 0.496 e. The van der Waals surface area contributed by atoms with E-state index in [1.54, 1.807) is 18.0 Å². The second-order valence-electron chi connectivity index (χ2n) is 7.03. The first-order valence-electron chi connectivity index (χ1n) is 9.45. The molecule has 0 bridgehead atoms. The molecule has 158 valence electrons. The lowest BCUT2D eigenvalue weighted by Crippen LogP contribution is -2.36. The number of aryl methyl sites for hydroxylation is 1. The van der Waals surface area contributed by atoms with Crippen LogP contribution in [0.2, 0.25) is 0 Å². The highest BCUT2D eigenvalue weighted by Gasteiger charge is 2.32. The molecule has 0 saturated carbocycles. The number of hydrogen-bond acceptors (Lipinski definition) is 8. The summed E-state index contributed by atoms with van der Waals surface area (Å²) in [5.41, 5.74) is 10.2. The SMILES string of the molecule is COc1c(C)cnc(Cn2nc3c4c(nc(N)nc42)SC(C(=O)NCCI)C3)c1C. The summed E-state index contributed by atoms with van der Waals surface area (Å²) in [7, 11) is 1.66. The molecule has 11 heteroatoms. The van der Waals surface area contributed by atoms with Gasteiger partial charge < -0.3 is 15.8 Å². The topological polar surface area (TPSA) is 121 Å². The first kappa shape index (κ1) is 21.1. The van der Waals surface area contributed by atoms with Gasteiger partial charge in [-0.25, -0.2) is 9.67 Å². The zero-order valence-electron chi connectivity index (χ0n) is 16.9. The van der Waals surface area contributed by atoms with Gasteiger partial charge in [-0.1, -0.05) is 34.4 Å². The van der Waals surface area contributed by atoms with Crippen LogP contribution in [-0.4, -0.2) is 54.0 Å². The molecule has 3 aromatic rings. The van der Waals surface area contributed by atoms with E-state index in [4.69, 9.17) is 15.6 Å². The number of aromatic nitrogens is 5. The van der Waals surface area contributed by atoms with Gasteiger partial charge in [-0.15, -0.1) is 0 Å². The Bertz CT molecular complexity index is 1130. The van der Waals surface area contributed by atoms with E-state index >= 15 is 0 Å². The lowest BCUT2D eigenvalue weighted by molar-refractivity contribution is -0.120. The van der Waals surface area contributed by atoms with Gasteiger partial charge >= 0.3 is 0 Å². The zero-order chi connectivity index (χ0) is 21.4. The minimum absolute atomic E-state index is 0.0111. The Morgan fingerprint density at radius 2 is 2.23 bits per heavy atom. The molecule has 0 spiro atoms. The number of nitrogens with zero attached hydrogens (tertiary/aromatic N) is 5. The molecular formula is C19H22IN7O2S. The fourth-order valence-electron chi connectivity index (χ4n) is 3.62. The summed E-state index contributed by atoms with van der Waals surface area (Å²) in [5, 5.41) is 9.00. The minimum atomic E-state index is -0.291. The number of pyridine rings is 1. The fraction of sp³-hybridized carbons (Fsp3) is 0.421. The first-order chi connectivity index (χ1) is 14.4. The Labute approximate surface area is 191 Å². The van der Waals surface area contributed by atoms with Crippen molar-refractivity contribution in [1.29, 1.82) is 0 Å². The number of carbonyl (C=O) groups is 1. The smallest absolute Gasteiger partial charge is 0.233 e. The van der Waals surface area contributed by atoms with E-state index < -0.39 is 0 Å². The van der Waals surface area contributed by atoms with Crippen molar-refractivity contribution >= 4 is 57.2 Å². The van der Waals surface area contributed by atoms with Crippen molar-refractivity contribution in [1.82, 2.24) is 30.0 Å². The average molecular weight is 539 g/mol. The third-order valence-electron chi connectivity index (χ3n) is 5.02. The Balaban J connectivity index is 1.73. The van der Waals surface area contributed by atoms with Crippen LogP contribution in [0.15, 0.2) is 11.2 Å². The van der Waals surface area contributed by atoms with Crippen molar-refractivity contribution < 1.29 is 9.53 Å². The summed E-state index contributed by atoms with van der Waals surface area (Å²) < 4.78 is 8.18. The van der Waals surface area contributed by atoms with E-state index in [1.165, 1.54) is 11.8 Å². The maximum absolute atomic E-state index is 12.5. The first-order valence-corrected chi connectivity index (χ1v) is 11.9. The third-order valence-corrected chi connectivity index (χ3v) is 6.74. The molecule has 30 heavy (non-hydrogen) atoms. The number of hydrogen-bond donors (Lipinski definition) is 2. The number of rotatable bonds is 6. The predicted octanol–water partition coefficient (Wildman–Crippen LogP) is 2.05. The van der Waals surface area contributed by atoms with E-state index in [0.717, 1.165) is 38.1 Å². The Morgan fingerprint density at radius 1 is 1.43 bits per heavy atom. The molecule has 0 saturated heterocycles. The van der Waals surface area contributed by atoms with E-state index in [0.29, 0.717) is 30.2 Å². The van der Waals surface area contributed by atoms with Gasteiger partial charge in [-0.3, -0.25) is 9.78 Å². The molecule has 3 N–H and O–H groups in total. The summed E-state index contributed by atoms with van der Waals surface area (Å²) in [4.78, 5) is 25.9. The molecule has 0 radical (unpaired) electrons. The summed E-state index contributed by atoms with van der Waals surface area (Å²) in [6, 6.07) is 0. The van der Waals surface area contributed by atoms with Gasteiger partial charge in [0.15, 0.2) is 5.65 Å². The molecule has 0 aromatic carbocycles. The molecule has 1 unspecified atom stereocenters. The van der Waals surface area contributed by atoms with E-state index in [1.807, 2.05) is 13.8 Å². The standard InChI is InChI=1S/C19H22IN7O2S/c1-9-7-23-12(10(2)15(9)29-3)8-27-16-14-11(26-27)6-13(17(28)22-5-4-20)30-18(14)25-19(21)24-16/h7,13H,4-6,8H2,1-3H3,(H,22,28)(H2,21,24,25). The molecule has 1 aliphatic rings. The summed E-state index contributed by atoms with van der Waals surface area (Å²) in [6.45, 7) is 5.01. The van der Waals surface area contributed by atoms with Crippen LogP contribution in [0.5, 0.6) is 5.75 Å². The third kappa shape index (κ3) is 3.80. The highest BCUT2D eigenvalue weighted by atomic mass is 127. The van der Waals surface area contributed by atoms with Crippen LogP contribution in [0.1, 0.15) is 22.5 Å². The van der Waals surface area contributed by atoms with Gasteiger partial charge in [-0.05, 0) is 13.8 Å². The highest BCUT2D eigenvalue weighted by molar-refractivity contribution is 14.1. The van der Waals surface area contributed by atoms with Crippen molar-refractivity contribution in [2.75, 3.05) is 23.8 Å². The van der Waals surface area contributed by atoms with Crippen LogP contribution in [0, 0.1) is 13.8 Å². The highest BCUT2D eigenvalue weighted by Crippen LogP contribution is 2.38. The van der Waals surface area contributed by atoms with Crippen molar-refractivity contribution in [3.05, 3.63) is 28.7 Å². The van der Waals surface area contributed by atoms with Crippen LogP contribution < -0.4 is 15.8 Å². The number of anilines is 1. The van der Waals surface area contributed by atoms with E-state index in [2.05, 4.69) is 42.9 Å². The summed E-state index contributed by atoms with van der Waals surface area (Å²) >= 11 is 3.65. The number of alkyl halides is 1. The molecule has 0 fully saturated rings. The minimum Gasteiger partial charge on any atom is -0.496 e. The van der Waals surface area contributed by atoms with Gasteiger partial charge in [0.25, 0.3) is 0 Å². The van der Waals surface area contributed by atoms with Crippen LogP contribution in [-0.2, 0) is 17.8 Å². The number of nitrogens with one attached hydrogen (secondary N) is 1. The monoisotopic (exact) mass is 539 g/mol. The number of nitrogens with two attached hydrogens (primary N) is 1. The quantitative estimate of drug-likeness (QED) is 0.278. The summed E-state index contributed by atoms with van der Waals surface area (Å²) in [5.74, 6) is 0.971.